The summed E-state index contributed by atoms with van der Waals surface area (Å²) in [4.78, 5) is 19.9. The van der Waals surface area contributed by atoms with Crippen molar-refractivity contribution in [2.75, 3.05) is 14.2 Å². The predicted octanol–water partition coefficient (Wildman–Crippen LogP) is 3.35. The van der Waals surface area contributed by atoms with E-state index in [1.807, 2.05) is 0 Å². The summed E-state index contributed by atoms with van der Waals surface area (Å²) >= 11 is 5.79. The zero-order valence-corrected chi connectivity index (χ0v) is 14.0. The molecule has 0 atom stereocenters. The Morgan fingerprint density at radius 3 is 2.38 bits per heavy atom. The van der Waals surface area contributed by atoms with E-state index in [-0.39, 0.29) is 28.3 Å². The number of rotatable bonds is 6. The average Bonchev–Trinajstić information content (AvgIpc) is 2.57. The molecule has 8 heteroatoms. The highest BCUT2D eigenvalue weighted by Crippen LogP contribution is 2.31. The van der Waals surface area contributed by atoms with E-state index in [1.165, 1.54) is 33.5 Å². The van der Waals surface area contributed by atoms with Crippen molar-refractivity contribution in [2.45, 2.75) is 6.92 Å². The molecule has 0 fully saturated rings. The maximum Gasteiger partial charge on any atom is 0.346 e. The molecular weight excluding hydrogens is 336 g/mol. The smallest absolute Gasteiger partial charge is 0.346 e. The van der Waals surface area contributed by atoms with Crippen molar-refractivity contribution in [1.82, 2.24) is 9.97 Å². The maximum absolute atomic E-state index is 12.2. The number of esters is 1. The van der Waals surface area contributed by atoms with E-state index in [0.29, 0.717) is 5.75 Å². The SMILES string of the molecule is COC(OC)=C(C)C(=O)Oc1ccccc1Oc1cc(Cl)ncn1. The van der Waals surface area contributed by atoms with Crippen molar-refractivity contribution in [3.8, 4) is 17.4 Å². The van der Waals surface area contributed by atoms with Crippen LogP contribution >= 0.6 is 11.6 Å². The van der Waals surface area contributed by atoms with Crippen LogP contribution in [0.5, 0.6) is 17.4 Å². The first kappa shape index (κ1) is 17.6. The van der Waals surface area contributed by atoms with E-state index in [1.54, 1.807) is 24.3 Å². The zero-order chi connectivity index (χ0) is 17.5. The number of halogens is 1. The third kappa shape index (κ3) is 4.36. The van der Waals surface area contributed by atoms with Crippen molar-refractivity contribution in [3.63, 3.8) is 0 Å². The van der Waals surface area contributed by atoms with Crippen LogP contribution in [0.2, 0.25) is 5.15 Å². The summed E-state index contributed by atoms with van der Waals surface area (Å²) < 4.78 is 20.8. The van der Waals surface area contributed by atoms with Gasteiger partial charge in [0.1, 0.15) is 17.1 Å². The number of hydrogen-bond acceptors (Lipinski definition) is 7. The van der Waals surface area contributed by atoms with Gasteiger partial charge in [-0.1, -0.05) is 23.7 Å². The molecule has 24 heavy (non-hydrogen) atoms. The molecule has 1 aromatic carbocycles. The van der Waals surface area contributed by atoms with E-state index in [0.717, 1.165) is 0 Å². The van der Waals surface area contributed by atoms with Crippen LogP contribution < -0.4 is 9.47 Å². The molecule has 2 aromatic rings. The van der Waals surface area contributed by atoms with Gasteiger partial charge in [-0.15, -0.1) is 0 Å². The summed E-state index contributed by atoms with van der Waals surface area (Å²) in [5.41, 5.74) is 0.180. The lowest BCUT2D eigenvalue weighted by atomic mass is 10.3. The lowest BCUT2D eigenvalue weighted by Crippen LogP contribution is -2.13. The van der Waals surface area contributed by atoms with E-state index in [9.17, 15) is 4.79 Å². The van der Waals surface area contributed by atoms with Crippen LogP contribution in [0.25, 0.3) is 0 Å². The Labute approximate surface area is 143 Å². The third-order valence-electron chi connectivity index (χ3n) is 2.86. The van der Waals surface area contributed by atoms with Crippen LogP contribution in [0.3, 0.4) is 0 Å². The largest absolute Gasteiger partial charge is 0.468 e. The Morgan fingerprint density at radius 2 is 1.75 bits per heavy atom. The zero-order valence-electron chi connectivity index (χ0n) is 13.3. The van der Waals surface area contributed by atoms with Gasteiger partial charge in [0.25, 0.3) is 5.95 Å². The second-order valence-corrected chi connectivity index (χ2v) is 4.83. The van der Waals surface area contributed by atoms with Crippen molar-refractivity contribution in [3.05, 3.63) is 53.3 Å². The molecule has 0 unspecified atom stereocenters. The van der Waals surface area contributed by atoms with Gasteiger partial charge in [0.15, 0.2) is 11.5 Å². The van der Waals surface area contributed by atoms with Crippen molar-refractivity contribution in [1.29, 1.82) is 0 Å². The number of ether oxygens (including phenoxy) is 4. The van der Waals surface area contributed by atoms with Crippen LogP contribution in [0, 0.1) is 0 Å². The van der Waals surface area contributed by atoms with Crippen molar-refractivity contribution >= 4 is 17.6 Å². The first-order chi connectivity index (χ1) is 11.5. The maximum atomic E-state index is 12.2. The highest BCUT2D eigenvalue weighted by molar-refractivity contribution is 6.29. The average molecular weight is 351 g/mol. The normalized spacial score (nSPS) is 9.83. The van der Waals surface area contributed by atoms with Gasteiger partial charge in [0.2, 0.25) is 5.88 Å². The molecule has 0 aliphatic rings. The molecule has 0 amide bonds. The fourth-order valence-corrected chi connectivity index (χ4v) is 1.89. The number of benzene rings is 1. The van der Waals surface area contributed by atoms with E-state index < -0.39 is 5.97 Å². The number of nitrogens with zero attached hydrogens (tertiary/aromatic N) is 2. The molecule has 0 radical (unpaired) electrons. The minimum absolute atomic E-state index is 0.0704. The van der Waals surface area contributed by atoms with E-state index in [4.69, 9.17) is 30.5 Å². The summed E-state index contributed by atoms with van der Waals surface area (Å²) in [6.45, 7) is 1.53. The number of hydrogen-bond donors (Lipinski definition) is 0. The Bertz CT molecular complexity index is 758. The van der Waals surface area contributed by atoms with Gasteiger partial charge >= 0.3 is 5.97 Å². The molecule has 1 heterocycles. The second-order valence-electron chi connectivity index (χ2n) is 4.44. The van der Waals surface area contributed by atoms with Crippen LogP contribution in [0.4, 0.5) is 0 Å². The summed E-state index contributed by atoms with van der Waals surface area (Å²) in [6.07, 6.45) is 1.27. The van der Waals surface area contributed by atoms with Crippen LogP contribution in [0.1, 0.15) is 6.92 Å². The van der Waals surface area contributed by atoms with Gasteiger partial charge in [0, 0.05) is 6.07 Å². The highest BCUT2D eigenvalue weighted by atomic mass is 35.5. The third-order valence-corrected chi connectivity index (χ3v) is 3.06. The van der Waals surface area contributed by atoms with Crippen LogP contribution in [-0.2, 0) is 14.3 Å². The number of carbonyl (C=O) groups is 1. The van der Waals surface area contributed by atoms with Gasteiger partial charge in [-0.25, -0.2) is 14.8 Å². The summed E-state index contributed by atoms with van der Waals surface area (Å²) in [7, 11) is 2.79. The molecule has 0 spiro atoms. The van der Waals surface area contributed by atoms with Crippen LogP contribution in [-0.4, -0.2) is 30.2 Å². The molecular formula is C16H15ClN2O5. The molecule has 2 rings (SSSR count). The highest BCUT2D eigenvalue weighted by Gasteiger charge is 2.17. The fourth-order valence-electron chi connectivity index (χ4n) is 1.75. The number of carbonyl (C=O) groups excluding carboxylic acids is 1. The van der Waals surface area contributed by atoms with Gasteiger partial charge in [0.05, 0.1) is 14.2 Å². The molecule has 0 bridgehead atoms. The first-order valence-electron chi connectivity index (χ1n) is 6.80. The number of para-hydroxylation sites is 2. The lowest BCUT2D eigenvalue weighted by Gasteiger charge is -2.12. The molecule has 0 saturated heterocycles. The topological polar surface area (TPSA) is 79.8 Å². The first-order valence-corrected chi connectivity index (χ1v) is 7.18. The monoisotopic (exact) mass is 350 g/mol. The van der Waals surface area contributed by atoms with Gasteiger partial charge < -0.3 is 18.9 Å². The molecule has 0 N–H and O–H groups in total. The Balaban J connectivity index is 2.23. The second kappa shape index (κ2) is 8.16. The van der Waals surface area contributed by atoms with Gasteiger partial charge in [-0.3, -0.25) is 0 Å². The predicted molar refractivity (Wildman–Crippen MR) is 85.9 cm³/mol. The minimum Gasteiger partial charge on any atom is -0.468 e. The molecule has 126 valence electrons. The quantitative estimate of drug-likeness (QED) is 0.260. The molecule has 1 aromatic heterocycles. The summed E-state index contributed by atoms with van der Waals surface area (Å²) in [6, 6.07) is 8.09. The number of methoxy groups -OCH3 is 2. The fraction of sp³-hybridized carbons (Fsp3) is 0.188. The minimum atomic E-state index is -0.634. The van der Waals surface area contributed by atoms with E-state index >= 15 is 0 Å². The lowest BCUT2D eigenvalue weighted by molar-refractivity contribution is -0.130. The van der Waals surface area contributed by atoms with Gasteiger partial charge in [-0.05, 0) is 19.1 Å². The Hall–Kier alpha value is -2.80. The van der Waals surface area contributed by atoms with Gasteiger partial charge in [-0.2, -0.15) is 0 Å². The Kier molecular flexibility index (Phi) is 5.97. The van der Waals surface area contributed by atoms with Crippen molar-refractivity contribution in [2.24, 2.45) is 0 Å². The molecule has 0 saturated carbocycles. The number of aromatic nitrogens is 2. The van der Waals surface area contributed by atoms with Crippen molar-refractivity contribution < 1.29 is 23.7 Å². The standard InChI is InChI=1S/C16H15ClN2O5/c1-10(16(21-2)22-3)15(20)24-12-7-5-4-6-11(12)23-14-8-13(17)18-9-19-14/h4-9H,1-3H3. The molecule has 7 nitrogen and oxygen atoms in total. The summed E-state index contributed by atoms with van der Waals surface area (Å²) in [5.74, 6) is 0.166. The molecule has 0 aliphatic carbocycles. The van der Waals surface area contributed by atoms with Crippen LogP contribution in [0.15, 0.2) is 48.2 Å². The van der Waals surface area contributed by atoms with E-state index in [2.05, 4.69) is 9.97 Å². The Morgan fingerprint density at radius 1 is 1.08 bits per heavy atom. The molecule has 0 aliphatic heterocycles. The summed E-state index contributed by atoms with van der Waals surface area (Å²) in [5, 5.41) is 0.234.